The molecular weight excluding hydrogens is 730 g/mol. The van der Waals surface area contributed by atoms with Crippen molar-refractivity contribution in [2.75, 3.05) is 14.1 Å². The Morgan fingerprint density at radius 2 is 1.18 bits per heavy atom. The summed E-state index contributed by atoms with van der Waals surface area (Å²) >= 11 is 0. The van der Waals surface area contributed by atoms with Gasteiger partial charge in [-0.2, -0.15) is 14.1 Å². The summed E-state index contributed by atoms with van der Waals surface area (Å²) in [5.74, 6) is 1.00. The van der Waals surface area contributed by atoms with Crippen LogP contribution in [-0.4, -0.2) is 42.4 Å². The molecule has 0 saturated carbocycles. The van der Waals surface area contributed by atoms with E-state index in [1.54, 1.807) is 0 Å². The number of rotatable bonds is 8. The fourth-order valence-electron chi connectivity index (χ4n) is 6.74. The van der Waals surface area contributed by atoms with Crippen LogP contribution < -0.4 is 16.4 Å². The number of hydrogen-bond acceptors (Lipinski definition) is 1. The first-order valence-corrected chi connectivity index (χ1v) is 15.8. The topological polar surface area (TPSA) is 46.0 Å². The summed E-state index contributed by atoms with van der Waals surface area (Å²) in [7, 11) is 5.82. The van der Waals surface area contributed by atoms with Gasteiger partial charge in [-0.25, -0.2) is 4.98 Å². The van der Waals surface area contributed by atoms with E-state index in [2.05, 4.69) is 150 Å². The normalized spacial score (nSPS) is 12.2. The van der Waals surface area contributed by atoms with Gasteiger partial charge in [-0.05, 0) is 53.7 Å². The van der Waals surface area contributed by atoms with Crippen molar-refractivity contribution in [2.45, 2.75) is 73.9 Å². The van der Waals surface area contributed by atoms with Gasteiger partial charge in [0.2, 0.25) is 6.71 Å². The van der Waals surface area contributed by atoms with Gasteiger partial charge in [0, 0.05) is 12.6 Å². The molecule has 1 heterocycles. The SMILES string of the molecule is C[N-]C(C)CC(C)[N-]C.Cc1cc(C)c(B(c2cccc(-c3nc4ccccc4n3C)c2)c2c(C)cc(C)cc2C)c(C)c1.[Pt+2]. The van der Waals surface area contributed by atoms with Gasteiger partial charge in [0.05, 0.1) is 11.0 Å². The minimum Gasteiger partial charge on any atom is -0.663 e. The van der Waals surface area contributed by atoms with Gasteiger partial charge in [-0.3, -0.25) is 0 Å². The van der Waals surface area contributed by atoms with Gasteiger partial charge in [-0.15, -0.1) is 12.1 Å². The summed E-state index contributed by atoms with van der Waals surface area (Å²) in [6.45, 7) is 17.8. The molecule has 5 rings (SSSR count). The maximum atomic E-state index is 4.98. The maximum absolute atomic E-state index is 4.98. The second kappa shape index (κ2) is 16.0. The molecule has 0 aliphatic rings. The van der Waals surface area contributed by atoms with E-state index < -0.39 is 0 Å². The Balaban J connectivity index is 0.000000484. The Kier molecular flexibility index (Phi) is 13.0. The molecule has 0 saturated heterocycles. The standard InChI is InChI=1S/C32H33BN2.C7H16N2.Pt/c1-20-15-22(3)30(23(4)16-20)33(31-24(5)17-21(2)18-25(31)6)27-12-10-11-26(19-27)32-34-28-13-8-9-14-29(28)35(32)7;1-6(8-3)5-7(2)9-4;/h8-19H,1-7H3;6-7H,5H2,1-4H3;/q;-2;+2. The summed E-state index contributed by atoms with van der Waals surface area (Å²) in [6, 6.07) is 27.6. The van der Waals surface area contributed by atoms with E-state index in [9.17, 15) is 0 Å². The zero-order chi connectivity index (χ0) is 32.1. The Hall–Kier alpha value is -2.98. The first kappa shape index (κ1) is 36.5. The van der Waals surface area contributed by atoms with Crippen LogP contribution in [0.25, 0.3) is 33.1 Å². The molecule has 6 heteroatoms. The number of benzene rings is 4. The number of fused-ring (bicyclic) bond motifs is 1. The minimum absolute atomic E-state index is 0. The second-order valence-electron chi connectivity index (χ2n) is 12.6. The molecule has 4 nitrogen and oxygen atoms in total. The zero-order valence-corrected chi connectivity index (χ0v) is 31.2. The van der Waals surface area contributed by atoms with Crippen LogP contribution in [0.5, 0.6) is 0 Å². The van der Waals surface area contributed by atoms with Crippen LogP contribution in [0.2, 0.25) is 0 Å². The summed E-state index contributed by atoms with van der Waals surface area (Å²) in [4.78, 5) is 4.98. The molecule has 0 aliphatic carbocycles. The van der Waals surface area contributed by atoms with Gasteiger partial charge in [-0.1, -0.05) is 131 Å². The van der Waals surface area contributed by atoms with Crippen molar-refractivity contribution in [3.05, 3.63) is 117 Å². The molecular formula is C39H49BN4Pt. The predicted molar refractivity (Wildman–Crippen MR) is 194 cm³/mol. The van der Waals surface area contributed by atoms with E-state index in [0.29, 0.717) is 12.1 Å². The Morgan fingerprint density at radius 3 is 1.64 bits per heavy atom. The maximum Gasteiger partial charge on any atom is 2.00 e. The number of nitrogens with zero attached hydrogens (tertiary/aromatic N) is 4. The second-order valence-corrected chi connectivity index (χ2v) is 12.6. The number of aromatic nitrogens is 2. The Labute approximate surface area is 286 Å². The monoisotopic (exact) mass is 779 g/mol. The number of para-hydroxylation sites is 2. The van der Waals surface area contributed by atoms with E-state index in [4.69, 9.17) is 4.98 Å². The van der Waals surface area contributed by atoms with Gasteiger partial charge in [0.1, 0.15) is 5.82 Å². The zero-order valence-electron chi connectivity index (χ0n) is 29.0. The van der Waals surface area contributed by atoms with Gasteiger partial charge >= 0.3 is 21.1 Å². The molecule has 1 aromatic heterocycles. The summed E-state index contributed by atoms with van der Waals surface area (Å²) in [5, 5.41) is 8.23. The first-order valence-electron chi connectivity index (χ1n) is 15.8. The van der Waals surface area contributed by atoms with Crippen LogP contribution in [0, 0.1) is 41.5 Å². The molecule has 2 atom stereocenters. The number of hydrogen-bond donors (Lipinski definition) is 0. The van der Waals surface area contributed by atoms with Gasteiger partial charge in [0.25, 0.3) is 0 Å². The first-order chi connectivity index (χ1) is 20.9. The van der Waals surface area contributed by atoms with Crippen LogP contribution >= 0.6 is 0 Å². The Bertz CT molecular complexity index is 1630. The quantitative estimate of drug-likeness (QED) is 0.149. The summed E-state index contributed by atoms with van der Waals surface area (Å²) < 4.78 is 2.20. The fourth-order valence-corrected chi connectivity index (χ4v) is 6.74. The molecule has 0 radical (unpaired) electrons. The van der Waals surface area contributed by atoms with Crippen LogP contribution in [0.3, 0.4) is 0 Å². The van der Waals surface area contributed by atoms with Gasteiger partial charge in [0.15, 0.2) is 0 Å². The van der Waals surface area contributed by atoms with Crippen LogP contribution in [0.1, 0.15) is 53.6 Å². The van der Waals surface area contributed by atoms with Crippen LogP contribution in [0.15, 0.2) is 72.8 Å². The number of aryl methyl sites for hydroxylation is 7. The van der Waals surface area contributed by atoms with E-state index in [1.165, 1.54) is 49.8 Å². The molecule has 0 N–H and O–H groups in total. The molecule has 45 heavy (non-hydrogen) atoms. The fraction of sp³-hybridized carbons (Fsp3) is 0.359. The molecule has 0 bridgehead atoms. The molecule has 0 amide bonds. The van der Waals surface area contributed by atoms with Crippen LogP contribution in [-0.2, 0) is 28.1 Å². The molecule has 5 aromatic rings. The largest absolute Gasteiger partial charge is 2.00 e. The average Bonchev–Trinajstić information content (AvgIpc) is 3.32. The third-order valence-corrected chi connectivity index (χ3v) is 8.88. The van der Waals surface area contributed by atoms with Crippen molar-refractivity contribution in [1.82, 2.24) is 9.55 Å². The molecule has 0 spiro atoms. The van der Waals surface area contributed by atoms with E-state index >= 15 is 0 Å². The van der Waals surface area contributed by atoms with Crippen LogP contribution in [0.4, 0.5) is 0 Å². The van der Waals surface area contributed by atoms with Crippen molar-refractivity contribution in [3.63, 3.8) is 0 Å². The van der Waals surface area contributed by atoms with Crippen molar-refractivity contribution in [2.24, 2.45) is 7.05 Å². The van der Waals surface area contributed by atoms with E-state index in [0.717, 1.165) is 28.8 Å². The van der Waals surface area contributed by atoms with E-state index in [1.807, 2.05) is 14.1 Å². The minimum atomic E-state index is 0. The van der Waals surface area contributed by atoms with Crippen molar-refractivity contribution in [3.8, 4) is 11.4 Å². The summed E-state index contributed by atoms with van der Waals surface area (Å²) in [5.41, 5.74) is 15.5. The number of imidazole rings is 1. The third-order valence-electron chi connectivity index (χ3n) is 8.88. The molecule has 0 aliphatic heterocycles. The van der Waals surface area contributed by atoms with Crippen molar-refractivity contribution >= 4 is 34.1 Å². The summed E-state index contributed by atoms with van der Waals surface area (Å²) in [6.07, 6.45) is 1.08. The molecule has 0 fully saturated rings. The predicted octanol–water partition coefficient (Wildman–Crippen LogP) is 7.77. The smallest absolute Gasteiger partial charge is 0.663 e. The van der Waals surface area contributed by atoms with E-state index in [-0.39, 0.29) is 27.8 Å². The molecule has 2 unspecified atom stereocenters. The average molecular weight is 780 g/mol. The third kappa shape index (κ3) is 8.44. The Morgan fingerprint density at radius 1 is 0.689 bits per heavy atom. The van der Waals surface area contributed by atoms with Crippen molar-refractivity contribution in [1.29, 1.82) is 0 Å². The molecule has 4 aromatic carbocycles. The van der Waals surface area contributed by atoms with Gasteiger partial charge < -0.3 is 15.2 Å². The molecule has 238 valence electrons. The van der Waals surface area contributed by atoms with Crippen molar-refractivity contribution < 1.29 is 21.1 Å².